The van der Waals surface area contributed by atoms with Gasteiger partial charge in [0.15, 0.2) is 0 Å². The van der Waals surface area contributed by atoms with E-state index in [4.69, 9.17) is 9.84 Å². The molecule has 0 saturated carbocycles. The van der Waals surface area contributed by atoms with Gasteiger partial charge >= 0.3 is 5.97 Å². The lowest BCUT2D eigenvalue weighted by Crippen LogP contribution is -2.34. The average molecular weight is 349 g/mol. The predicted octanol–water partition coefficient (Wildman–Crippen LogP) is 3.76. The molecule has 0 aliphatic carbocycles. The number of ether oxygens (including phenoxy) is 1. The predicted molar refractivity (Wildman–Crippen MR) is 92.2 cm³/mol. The zero-order valence-electron chi connectivity index (χ0n) is 13.6. The Morgan fingerprint density at radius 1 is 1.29 bits per heavy atom. The second kappa shape index (κ2) is 8.70. The highest BCUT2D eigenvalue weighted by atomic mass is 32.2. The quantitative estimate of drug-likeness (QED) is 0.786. The number of aliphatic carboxylic acids is 1. The smallest absolute Gasteiger partial charge is 0.317 e. The van der Waals surface area contributed by atoms with Crippen LogP contribution in [0.5, 0.6) is 5.75 Å². The van der Waals surface area contributed by atoms with Crippen LogP contribution >= 0.6 is 11.8 Å². The van der Waals surface area contributed by atoms with Crippen LogP contribution in [0.1, 0.15) is 6.92 Å². The van der Waals surface area contributed by atoms with Crippen molar-refractivity contribution in [2.75, 3.05) is 20.1 Å². The molecule has 0 bridgehead atoms. The largest absolute Gasteiger partial charge is 0.488 e. The molecule has 128 valence electrons. The fraction of sp³-hybridized carbons (Fsp3) is 0.278. The molecule has 0 radical (unpaired) electrons. The van der Waals surface area contributed by atoms with E-state index in [2.05, 4.69) is 0 Å². The van der Waals surface area contributed by atoms with E-state index in [1.165, 1.54) is 23.9 Å². The minimum atomic E-state index is -0.869. The van der Waals surface area contributed by atoms with E-state index in [1.807, 2.05) is 37.3 Å². The van der Waals surface area contributed by atoms with Crippen molar-refractivity contribution in [2.24, 2.45) is 0 Å². The molecule has 0 fully saturated rings. The van der Waals surface area contributed by atoms with Crippen molar-refractivity contribution in [2.45, 2.75) is 22.8 Å². The van der Waals surface area contributed by atoms with Gasteiger partial charge in [0.2, 0.25) is 0 Å². The van der Waals surface area contributed by atoms with Gasteiger partial charge in [0, 0.05) is 11.4 Å². The third-order valence-corrected chi connectivity index (χ3v) is 4.22. The normalized spacial score (nSPS) is 12.2. The SMILES string of the molecule is C[C@H](CN(C)CC(=O)O)Oc1ccccc1Sc1cccc(F)c1. The summed E-state index contributed by atoms with van der Waals surface area (Å²) >= 11 is 1.43. The molecular formula is C18H20FNO3S. The number of hydrogen-bond acceptors (Lipinski definition) is 4. The van der Waals surface area contributed by atoms with Crippen LogP contribution in [0.2, 0.25) is 0 Å². The standard InChI is InChI=1S/C18H20FNO3S/c1-13(11-20(2)12-18(21)22)23-16-8-3-4-9-17(16)24-15-7-5-6-14(19)10-15/h3-10,13H,11-12H2,1-2H3,(H,21,22)/t13-/m1/s1. The molecule has 0 unspecified atom stereocenters. The van der Waals surface area contributed by atoms with Crippen molar-refractivity contribution in [1.82, 2.24) is 4.90 Å². The lowest BCUT2D eigenvalue weighted by Gasteiger charge is -2.22. The van der Waals surface area contributed by atoms with Crippen LogP contribution in [0, 0.1) is 5.82 Å². The molecule has 2 aromatic rings. The van der Waals surface area contributed by atoms with Gasteiger partial charge in [-0.1, -0.05) is 30.0 Å². The van der Waals surface area contributed by atoms with Gasteiger partial charge in [-0.3, -0.25) is 9.69 Å². The van der Waals surface area contributed by atoms with Gasteiger partial charge in [-0.15, -0.1) is 0 Å². The first kappa shape index (κ1) is 18.3. The number of hydrogen-bond donors (Lipinski definition) is 1. The Kier molecular flexibility index (Phi) is 6.63. The summed E-state index contributed by atoms with van der Waals surface area (Å²) in [5.74, 6) is -0.447. The molecule has 0 aromatic heterocycles. The van der Waals surface area contributed by atoms with Crippen LogP contribution in [0.25, 0.3) is 0 Å². The summed E-state index contributed by atoms with van der Waals surface area (Å²) in [7, 11) is 1.74. The van der Waals surface area contributed by atoms with Crippen LogP contribution < -0.4 is 4.74 Å². The molecule has 0 heterocycles. The van der Waals surface area contributed by atoms with E-state index in [9.17, 15) is 9.18 Å². The van der Waals surface area contributed by atoms with Crippen molar-refractivity contribution in [3.05, 3.63) is 54.3 Å². The first-order chi connectivity index (χ1) is 11.4. The Balaban J connectivity index is 2.04. The molecule has 6 heteroatoms. The Labute approximate surface area is 145 Å². The van der Waals surface area contributed by atoms with Gasteiger partial charge in [-0.2, -0.15) is 0 Å². The highest BCUT2D eigenvalue weighted by Gasteiger charge is 2.13. The summed E-state index contributed by atoms with van der Waals surface area (Å²) in [6.07, 6.45) is -0.177. The fourth-order valence-corrected chi connectivity index (χ4v) is 3.21. The molecule has 0 spiro atoms. The Hall–Kier alpha value is -2.05. The first-order valence-electron chi connectivity index (χ1n) is 7.53. The van der Waals surface area contributed by atoms with E-state index < -0.39 is 5.97 Å². The summed E-state index contributed by atoms with van der Waals surface area (Å²) in [5, 5.41) is 8.80. The highest BCUT2D eigenvalue weighted by molar-refractivity contribution is 7.99. The summed E-state index contributed by atoms with van der Waals surface area (Å²) in [6.45, 7) is 2.35. The summed E-state index contributed by atoms with van der Waals surface area (Å²) in [5.41, 5.74) is 0. The van der Waals surface area contributed by atoms with Crippen LogP contribution in [-0.4, -0.2) is 42.2 Å². The van der Waals surface area contributed by atoms with E-state index in [0.717, 1.165) is 9.79 Å². The van der Waals surface area contributed by atoms with Crippen LogP contribution in [0.15, 0.2) is 58.3 Å². The van der Waals surface area contributed by atoms with Gasteiger partial charge in [-0.25, -0.2) is 4.39 Å². The molecule has 0 saturated heterocycles. The molecule has 2 rings (SSSR count). The number of halogens is 1. The van der Waals surface area contributed by atoms with E-state index in [-0.39, 0.29) is 18.5 Å². The molecule has 0 aliphatic heterocycles. The minimum Gasteiger partial charge on any atom is -0.488 e. The molecule has 0 aliphatic rings. The first-order valence-corrected chi connectivity index (χ1v) is 8.35. The summed E-state index contributed by atoms with van der Waals surface area (Å²) < 4.78 is 19.3. The lowest BCUT2D eigenvalue weighted by molar-refractivity contribution is -0.138. The summed E-state index contributed by atoms with van der Waals surface area (Å²) in [6, 6.07) is 13.9. The fourth-order valence-electron chi connectivity index (χ4n) is 2.28. The average Bonchev–Trinajstić information content (AvgIpc) is 2.48. The minimum absolute atomic E-state index is 0.0343. The van der Waals surface area contributed by atoms with Gasteiger partial charge in [0.1, 0.15) is 17.7 Å². The number of benzene rings is 2. The summed E-state index contributed by atoms with van der Waals surface area (Å²) in [4.78, 5) is 14.1. The molecule has 0 amide bonds. The number of nitrogens with zero attached hydrogens (tertiary/aromatic N) is 1. The third kappa shape index (κ3) is 5.86. The van der Waals surface area contributed by atoms with Gasteiger partial charge in [0.25, 0.3) is 0 Å². The lowest BCUT2D eigenvalue weighted by atomic mass is 10.3. The van der Waals surface area contributed by atoms with E-state index in [0.29, 0.717) is 12.3 Å². The molecular weight excluding hydrogens is 329 g/mol. The zero-order chi connectivity index (χ0) is 17.5. The van der Waals surface area contributed by atoms with E-state index >= 15 is 0 Å². The molecule has 1 N–H and O–H groups in total. The Morgan fingerprint density at radius 2 is 2.04 bits per heavy atom. The Morgan fingerprint density at radius 3 is 2.75 bits per heavy atom. The monoisotopic (exact) mass is 349 g/mol. The maximum absolute atomic E-state index is 13.3. The maximum Gasteiger partial charge on any atom is 0.317 e. The number of rotatable bonds is 8. The van der Waals surface area contributed by atoms with Gasteiger partial charge in [-0.05, 0) is 44.3 Å². The number of para-hydroxylation sites is 1. The second-order valence-electron chi connectivity index (χ2n) is 5.53. The second-order valence-corrected chi connectivity index (χ2v) is 6.64. The van der Waals surface area contributed by atoms with Gasteiger partial charge < -0.3 is 9.84 Å². The zero-order valence-corrected chi connectivity index (χ0v) is 14.4. The van der Waals surface area contributed by atoms with Crippen molar-refractivity contribution in [1.29, 1.82) is 0 Å². The highest BCUT2D eigenvalue weighted by Crippen LogP contribution is 2.35. The number of carbonyl (C=O) groups is 1. The third-order valence-electron chi connectivity index (χ3n) is 3.18. The van der Waals surface area contributed by atoms with Crippen molar-refractivity contribution in [3.8, 4) is 5.75 Å². The molecule has 2 aromatic carbocycles. The number of carboxylic acids is 1. The van der Waals surface area contributed by atoms with Crippen LogP contribution in [0.3, 0.4) is 0 Å². The molecule has 24 heavy (non-hydrogen) atoms. The number of likely N-dealkylation sites (N-methyl/N-ethyl adjacent to an activating group) is 1. The van der Waals surface area contributed by atoms with Crippen molar-refractivity contribution >= 4 is 17.7 Å². The number of carboxylic acid groups (broad SMARTS) is 1. The van der Waals surface area contributed by atoms with Gasteiger partial charge in [0.05, 0.1) is 11.4 Å². The maximum atomic E-state index is 13.3. The topological polar surface area (TPSA) is 49.8 Å². The molecule has 1 atom stereocenters. The molecule has 4 nitrogen and oxygen atoms in total. The van der Waals surface area contributed by atoms with Crippen LogP contribution in [0.4, 0.5) is 4.39 Å². The van der Waals surface area contributed by atoms with E-state index in [1.54, 1.807) is 18.0 Å². The van der Waals surface area contributed by atoms with Crippen molar-refractivity contribution in [3.63, 3.8) is 0 Å². The Bertz CT molecular complexity index is 695. The van der Waals surface area contributed by atoms with Crippen LogP contribution in [-0.2, 0) is 4.79 Å². The van der Waals surface area contributed by atoms with Crippen molar-refractivity contribution < 1.29 is 19.0 Å².